The number of nitrogens with one attached hydrogen (secondary N) is 2. The Morgan fingerprint density at radius 3 is 2.60 bits per heavy atom. The molecule has 0 aliphatic heterocycles. The van der Waals surface area contributed by atoms with Crippen molar-refractivity contribution >= 4 is 11.7 Å². The van der Waals surface area contributed by atoms with E-state index in [1.807, 2.05) is 37.4 Å². The van der Waals surface area contributed by atoms with Gasteiger partial charge >= 0.3 is 5.97 Å². The molecule has 1 aromatic heterocycles. The molecule has 162 valence electrons. The molecule has 0 amide bonds. The van der Waals surface area contributed by atoms with E-state index in [0.29, 0.717) is 26.0 Å². The summed E-state index contributed by atoms with van der Waals surface area (Å²) in [7, 11) is 0. The van der Waals surface area contributed by atoms with Crippen molar-refractivity contribution < 1.29 is 9.53 Å². The number of aromatic amines is 1. The van der Waals surface area contributed by atoms with Gasteiger partial charge in [0.2, 0.25) is 0 Å². The number of aryl methyl sites for hydroxylation is 1. The normalized spacial score (nSPS) is 11.3. The highest BCUT2D eigenvalue weighted by Gasteiger charge is 2.04. The van der Waals surface area contributed by atoms with Gasteiger partial charge in [0.25, 0.3) is 0 Å². The van der Waals surface area contributed by atoms with Gasteiger partial charge < -0.3 is 15.0 Å². The second-order valence-electron chi connectivity index (χ2n) is 7.79. The number of ether oxygens (including phenoxy) is 1. The second kappa shape index (κ2) is 12.7. The molecule has 1 heterocycles. The highest BCUT2D eigenvalue weighted by Crippen LogP contribution is 2.13. The first-order valence-electron chi connectivity index (χ1n) is 10.8. The molecule has 2 N–H and O–H groups in total. The van der Waals surface area contributed by atoms with Gasteiger partial charge in [-0.2, -0.15) is 0 Å². The molecule has 2 aromatic rings. The average Bonchev–Trinajstić information content (AvgIpc) is 3.18. The van der Waals surface area contributed by atoms with Crippen LogP contribution in [0, 0.1) is 0 Å². The van der Waals surface area contributed by atoms with E-state index in [9.17, 15) is 4.79 Å². The minimum Gasteiger partial charge on any atom is -0.466 e. The predicted molar refractivity (Wildman–Crippen MR) is 123 cm³/mol. The van der Waals surface area contributed by atoms with Crippen molar-refractivity contribution in [1.82, 2.24) is 9.97 Å². The van der Waals surface area contributed by atoms with Crippen LogP contribution in [0.25, 0.3) is 0 Å². The number of hydrogen-bond donors (Lipinski definition) is 2. The number of imidazole rings is 1. The first-order chi connectivity index (χ1) is 14.5. The number of carbonyl (C=O) groups is 1. The highest BCUT2D eigenvalue weighted by molar-refractivity contribution is 5.69. The van der Waals surface area contributed by atoms with E-state index in [2.05, 4.69) is 48.2 Å². The quantitative estimate of drug-likeness (QED) is 0.346. The number of anilines is 1. The summed E-state index contributed by atoms with van der Waals surface area (Å²) in [5.41, 5.74) is 6.00. The van der Waals surface area contributed by atoms with Crippen LogP contribution in [0.2, 0.25) is 0 Å². The highest BCUT2D eigenvalue weighted by atomic mass is 16.5. The maximum absolute atomic E-state index is 11.4. The maximum Gasteiger partial charge on any atom is 0.306 e. The minimum atomic E-state index is -0.146. The summed E-state index contributed by atoms with van der Waals surface area (Å²) in [6, 6.07) is 8.16. The monoisotopic (exact) mass is 409 g/mol. The maximum atomic E-state index is 11.4. The molecule has 5 heteroatoms. The third-order valence-corrected chi connectivity index (χ3v) is 4.78. The Bertz CT molecular complexity index is 844. The van der Waals surface area contributed by atoms with E-state index in [0.717, 1.165) is 42.0 Å². The molecule has 0 aliphatic rings. The number of hydrogen-bond acceptors (Lipinski definition) is 4. The molecule has 1 aromatic carbocycles. The lowest BCUT2D eigenvalue weighted by Crippen LogP contribution is -2.05. The van der Waals surface area contributed by atoms with E-state index >= 15 is 0 Å². The van der Waals surface area contributed by atoms with Crippen LogP contribution in [-0.2, 0) is 28.9 Å². The van der Waals surface area contributed by atoms with Gasteiger partial charge in [0, 0.05) is 18.5 Å². The van der Waals surface area contributed by atoms with Crippen molar-refractivity contribution in [3.8, 4) is 0 Å². The molecule has 0 aliphatic carbocycles. The van der Waals surface area contributed by atoms with Gasteiger partial charge in [0.15, 0.2) is 0 Å². The number of aromatic nitrogens is 2. The van der Waals surface area contributed by atoms with Crippen molar-refractivity contribution in [2.45, 2.75) is 66.3 Å². The molecule has 0 bridgehead atoms. The van der Waals surface area contributed by atoms with Gasteiger partial charge in [-0.05, 0) is 64.7 Å². The molecule has 0 saturated heterocycles. The largest absolute Gasteiger partial charge is 0.466 e. The SMILES string of the molecule is CCOC(=O)CCc1ccc(NCc2cnc(CC=C(C)CCC=C(C)C)[nH]2)cc1. The van der Waals surface area contributed by atoms with E-state index in [1.165, 1.54) is 11.1 Å². The number of carbonyl (C=O) groups excluding carboxylic acids is 1. The molecular weight excluding hydrogens is 374 g/mol. The van der Waals surface area contributed by atoms with E-state index in [1.54, 1.807) is 0 Å². The Morgan fingerprint density at radius 2 is 1.90 bits per heavy atom. The summed E-state index contributed by atoms with van der Waals surface area (Å²) >= 11 is 0. The third kappa shape index (κ3) is 9.12. The molecule has 5 nitrogen and oxygen atoms in total. The number of benzene rings is 1. The summed E-state index contributed by atoms with van der Waals surface area (Å²) in [4.78, 5) is 19.3. The molecule has 0 saturated carbocycles. The first kappa shape index (κ1) is 23.5. The number of esters is 1. The van der Waals surface area contributed by atoms with E-state index < -0.39 is 0 Å². The molecule has 2 rings (SSSR count). The fraction of sp³-hybridized carbons (Fsp3) is 0.440. The number of H-pyrrole nitrogens is 1. The number of nitrogens with zero attached hydrogens (tertiary/aromatic N) is 1. The molecule has 30 heavy (non-hydrogen) atoms. The van der Waals surface area contributed by atoms with Crippen LogP contribution in [0.1, 0.15) is 64.0 Å². The van der Waals surface area contributed by atoms with Gasteiger partial charge in [-0.1, -0.05) is 35.4 Å². The topological polar surface area (TPSA) is 67.0 Å². The minimum absolute atomic E-state index is 0.146. The summed E-state index contributed by atoms with van der Waals surface area (Å²) in [6.07, 6.45) is 10.6. The van der Waals surface area contributed by atoms with Crippen molar-refractivity contribution in [2.75, 3.05) is 11.9 Å². The summed E-state index contributed by atoms with van der Waals surface area (Å²) in [5.74, 6) is 0.843. The van der Waals surface area contributed by atoms with Crippen LogP contribution in [0.3, 0.4) is 0 Å². The lowest BCUT2D eigenvalue weighted by Gasteiger charge is -2.07. The van der Waals surface area contributed by atoms with Crippen LogP contribution in [0.4, 0.5) is 5.69 Å². The molecule has 0 atom stereocenters. The van der Waals surface area contributed by atoms with Crippen LogP contribution >= 0.6 is 0 Å². The van der Waals surface area contributed by atoms with Crippen LogP contribution in [0.5, 0.6) is 0 Å². The number of rotatable bonds is 12. The van der Waals surface area contributed by atoms with Crippen LogP contribution in [-0.4, -0.2) is 22.5 Å². The molecule has 0 radical (unpaired) electrons. The zero-order chi connectivity index (χ0) is 21.8. The van der Waals surface area contributed by atoms with Crippen molar-refractivity contribution in [3.05, 3.63) is 70.8 Å². The smallest absolute Gasteiger partial charge is 0.306 e. The lowest BCUT2D eigenvalue weighted by molar-refractivity contribution is -0.143. The Balaban J connectivity index is 1.75. The zero-order valence-corrected chi connectivity index (χ0v) is 18.8. The Morgan fingerprint density at radius 1 is 1.13 bits per heavy atom. The summed E-state index contributed by atoms with van der Waals surface area (Å²) in [5, 5.41) is 3.41. The molecule has 0 fully saturated rings. The predicted octanol–water partition coefficient (Wildman–Crippen LogP) is 5.75. The summed E-state index contributed by atoms with van der Waals surface area (Å²) < 4.78 is 4.97. The second-order valence-corrected chi connectivity index (χ2v) is 7.79. The van der Waals surface area contributed by atoms with Gasteiger partial charge in [-0.25, -0.2) is 4.98 Å². The van der Waals surface area contributed by atoms with Gasteiger partial charge in [0.1, 0.15) is 5.82 Å². The molecule has 0 spiro atoms. The first-order valence-corrected chi connectivity index (χ1v) is 10.8. The van der Waals surface area contributed by atoms with Gasteiger partial charge in [-0.3, -0.25) is 4.79 Å². The van der Waals surface area contributed by atoms with Gasteiger partial charge in [0.05, 0.1) is 25.0 Å². The van der Waals surface area contributed by atoms with Crippen molar-refractivity contribution in [2.24, 2.45) is 0 Å². The lowest BCUT2D eigenvalue weighted by atomic mass is 10.1. The Labute approximate surface area is 180 Å². The third-order valence-electron chi connectivity index (χ3n) is 4.78. The number of allylic oxidation sites excluding steroid dienone is 4. The standard InChI is InChI=1S/C25H35N3O2/c1-5-30-25(29)16-12-21-10-13-22(14-11-21)26-17-23-18-27-24(28-23)15-9-20(4)8-6-7-19(2)3/h7,9-11,13-14,18,26H,5-6,8,12,15-17H2,1-4H3,(H,27,28). The van der Waals surface area contributed by atoms with Crippen molar-refractivity contribution in [1.29, 1.82) is 0 Å². The van der Waals surface area contributed by atoms with Crippen LogP contribution in [0.15, 0.2) is 53.8 Å². The van der Waals surface area contributed by atoms with Gasteiger partial charge in [-0.15, -0.1) is 0 Å². The average molecular weight is 410 g/mol. The zero-order valence-electron chi connectivity index (χ0n) is 18.8. The van der Waals surface area contributed by atoms with Crippen LogP contribution < -0.4 is 5.32 Å². The Hall–Kier alpha value is -2.82. The molecule has 0 unspecified atom stereocenters. The fourth-order valence-electron chi connectivity index (χ4n) is 3.03. The fourth-order valence-corrected chi connectivity index (χ4v) is 3.03. The Kier molecular flexibility index (Phi) is 9.92. The van der Waals surface area contributed by atoms with E-state index in [4.69, 9.17) is 4.74 Å². The van der Waals surface area contributed by atoms with Crippen molar-refractivity contribution in [3.63, 3.8) is 0 Å². The summed E-state index contributed by atoms with van der Waals surface area (Å²) in [6.45, 7) is 9.41. The molecular formula is C25H35N3O2. The van der Waals surface area contributed by atoms with E-state index in [-0.39, 0.29) is 5.97 Å².